The minimum atomic E-state index is -3.58. The fourth-order valence-electron chi connectivity index (χ4n) is 2.82. The zero-order valence-electron chi connectivity index (χ0n) is 17.6. The fraction of sp³-hybridized carbons (Fsp3) is 0.273. The van der Waals surface area contributed by atoms with Crippen LogP contribution in [-0.4, -0.2) is 56.4 Å². The van der Waals surface area contributed by atoms with Crippen molar-refractivity contribution in [3.8, 4) is 11.5 Å². The zero-order chi connectivity index (χ0) is 23.0. The molecule has 2 aromatic carbocycles. The predicted octanol–water partition coefficient (Wildman–Crippen LogP) is 3.09. The van der Waals surface area contributed by atoms with Gasteiger partial charge in [-0.1, -0.05) is 26.0 Å². The van der Waals surface area contributed by atoms with Gasteiger partial charge < -0.3 is 14.6 Å². The number of ketones is 1. The van der Waals surface area contributed by atoms with E-state index in [0.29, 0.717) is 30.0 Å². The van der Waals surface area contributed by atoms with Gasteiger partial charge in [0.25, 0.3) is 0 Å². The molecule has 0 aliphatic heterocycles. The molecule has 0 saturated carbocycles. The maximum atomic E-state index is 12.5. The minimum absolute atomic E-state index is 0.137. The van der Waals surface area contributed by atoms with Crippen LogP contribution in [0.15, 0.2) is 53.4 Å². The number of methoxy groups -OCH3 is 1. The highest BCUT2D eigenvalue weighted by Crippen LogP contribution is 2.28. The van der Waals surface area contributed by atoms with Crippen molar-refractivity contribution in [1.29, 1.82) is 0 Å². The van der Waals surface area contributed by atoms with Gasteiger partial charge in [0, 0.05) is 18.7 Å². The molecule has 31 heavy (non-hydrogen) atoms. The second-order valence-corrected chi connectivity index (χ2v) is 8.34. The Morgan fingerprint density at radius 2 is 1.68 bits per heavy atom. The number of hydrogen-bond acceptors (Lipinski definition) is 6. The molecule has 2 rings (SSSR count). The van der Waals surface area contributed by atoms with Gasteiger partial charge in [0.1, 0.15) is 0 Å². The van der Waals surface area contributed by atoms with Crippen LogP contribution in [0.5, 0.6) is 11.5 Å². The van der Waals surface area contributed by atoms with Gasteiger partial charge in [-0.2, -0.15) is 4.31 Å². The van der Waals surface area contributed by atoms with Crippen molar-refractivity contribution in [2.24, 2.45) is 0 Å². The topological polar surface area (TPSA) is 110 Å². The molecule has 166 valence electrons. The third kappa shape index (κ3) is 6.16. The third-order valence-corrected chi connectivity index (χ3v) is 6.51. The van der Waals surface area contributed by atoms with E-state index in [1.54, 1.807) is 38.1 Å². The van der Waals surface area contributed by atoms with Crippen molar-refractivity contribution in [3.63, 3.8) is 0 Å². The van der Waals surface area contributed by atoms with Crippen LogP contribution in [0.2, 0.25) is 0 Å². The van der Waals surface area contributed by atoms with E-state index in [1.165, 1.54) is 41.8 Å². The highest BCUT2D eigenvalue weighted by atomic mass is 32.2. The monoisotopic (exact) mass is 447 g/mol. The van der Waals surface area contributed by atoms with Crippen LogP contribution in [0.1, 0.15) is 29.8 Å². The first-order chi connectivity index (χ1) is 14.7. The Morgan fingerprint density at radius 1 is 1.03 bits per heavy atom. The van der Waals surface area contributed by atoms with Crippen LogP contribution in [0.4, 0.5) is 0 Å². The maximum absolute atomic E-state index is 12.5. The number of carbonyl (C=O) groups excluding carboxylic acids is 1. The van der Waals surface area contributed by atoms with Crippen LogP contribution in [0, 0.1) is 0 Å². The predicted molar refractivity (Wildman–Crippen MR) is 116 cm³/mol. The van der Waals surface area contributed by atoms with Gasteiger partial charge in [-0.25, -0.2) is 13.2 Å². The summed E-state index contributed by atoms with van der Waals surface area (Å²) in [5.74, 6) is -0.787. The Bertz CT molecular complexity index is 1060. The van der Waals surface area contributed by atoms with Crippen molar-refractivity contribution in [3.05, 3.63) is 59.7 Å². The Labute approximate surface area is 181 Å². The van der Waals surface area contributed by atoms with Gasteiger partial charge in [-0.05, 0) is 48.0 Å². The average molecular weight is 448 g/mol. The molecule has 0 aliphatic carbocycles. The Kier molecular flexibility index (Phi) is 8.35. The normalized spacial score (nSPS) is 11.6. The number of carboxylic acid groups (broad SMARTS) is 1. The van der Waals surface area contributed by atoms with E-state index >= 15 is 0 Å². The molecule has 0 amide bonds. The third-order valence-electron chi connectivity index (χ3n) is 4.45. The Balaban J connectivity index is 2.15. The first kappa shape index (κ1) is 24.1. The first-order valence-electron chi connectivity index (χ1n) is 9.58. The number of rotatable bonds is 11. The van der Waals surface area contributed by atoms with E-state index in [4.69, 9.17) is 14.6 Å². The van der Waals surface area contributed by atoms with Gasteiger partial charge in [0.15, 0.2) is 23.9 Å². The number of allylic oxidation sites excluding steroid dienone is 1. The summed E-state index contributed by atoms with van der Waals surface area (Å²) in [6.45, 7) is 3.77. The molecule has 0 heterocycles. The summed E-state index contributed by atoms with van der Waals surface area (Å²) in [6, 6.07) is 10.6. The number of ether oxygens (including phenoxy) is 2. The number of carbonyl (C=O) groups is 2. The molecule has 2 aromatic rings. The molecule has 0 fully saturated rings. The van der Waals surface area contributed by atoms with Gasteiger partial charge in [-0.15, -0.1) is 0 Å². The summed E-state index contributed by atoms with van der Waals surface area (Å²) >= 11 is 0. The number of nitrogens with zero attached hydrogens (tertiary/aromatic N) is 1. The fourth-order valence-corrected chi connectivity index (χ4v) is 4.28. The van der Waals surface area contributed by atoms with E-state index in [1.807, 2.05) is 0 Å². The van der Waals surface area contributed by atoms with Crippen molar-refractivity contribution in [2.75, 3.05) is 26.8 Å². The number of hydrogen-bond donors (Lipinski definition) is 1. The smallest absolute Gasteiger partial charge is 0.341 e. The van der Waals surface area contributed by atoms with Gasteiger partial charge >= 0.3 is 5.97 Å². The lowest BCUT2D eigenvalue weighted by Crippen LogP contribution is -2.30. The summed E-state index contributed by atoms with van der Waals surface area (Å²) in [7, 11) is -2.15. The lowest BCUT2D eigenvalue weighted by atomic mass is 10.1. The molecule has 9 heteroatoms. The largest absolute Gasteiger partial charge is 0.493 e. The molecule has 0 atom stereocenters. The summed E-state index contributed by atoms with van der Waals surface area (Å²) in [5.41, 5.74) is 0.997. The van der Waals surface area contributed by atoms with Crippen LogP contribution in [0.25, 0.3) is 6.08 Å². The number of benzene rings is 2. The minimum Gasteiger partial charge on any atom is -0.493 e. The second-order valence-electron chi connectivity index (χ2n) is 6.40. The zero-order valence-corrected chi connectivity index (χ0v) is 18.4. The summed E-state index contributed by atoms with van der Waals surface area (Å²) in [5, 5.41) is 8.71. The molecule has 8 nitrogen and oxygen atoms in total. The molecule has 0 saturated heterocycles. The van der Waals surface area contributed by atoms with Crippen LogP contribution >= 0.6 is 0 Å². The van der Waals surface area contributed by atoms with Gasteiger partial charge in [-0.3, -0.25) is 4.79 Å². The summed E-state index contributed by atoms with van der Waals surface area (Å²) in [4.78, 5) is 23.2. The van der Waals surface area contributed by atoms with Crippen molar-refractivity contribution in [2.45, 2.75) is 18.7 Å². The Hall–Kier alpha value is -3.17. The molecule has 0 unspecified atom stereocenters. The highest BCUT2D eigenvalue weighted by Gasteiger charge is 2.21. The van der Waals surface area contributed by atoms with E-state index < -0.39 is 22.6 Å². The lowest BCUT2D eigenvalue weighted by Gasteiger charge is -2.18. The summed E-state index contributed by atoms with van der Waals surface area (Å²) in [6.07, 6.45) is 2.94. The van der Waals surface area contributed by atoms with E-state index in [0.717, 1.165) is 0 Å². The van der Waals surface area contributed by atoms with Crippen molar-refractivity contribution in [1.82, 2.24) is 4.31 Å². The summed E-state index contributed by atoms with van der Waals surface area (Å²) < 4.78 is 36.7. The van der Waals surface area contributed by atoms with Gasteiger partial charge in [0.05, 0.1) is 12.0 Å². The molecule has 0 bridgehead atoms. The number of aliphatic carboxylic acids is 1. The second kappa shape index (κ2) is 10.7. The number of sulfonamides is 1. The van der Waals surface area contributed by atoms with E-state index in [-0.39, 0.29) is 16.4 Å². The molecule has 0 aromatic heterocycles. The standard InChI is InChI=1S/C22H25NO7S/c1-4-23(5-2)31(27,28)18-10-8-17(9-11-18)19(24)12-6-16-7-13-20(21(14-16)29-3)30-15-22(25)26/h6-14H,4-5,15H2,1-3H3,(H,25,26). The van der Waals surface area contributed by atoms with Crippen LogP contribution in [0.3, 0.4) is 0 Å². The first-order valence-corrected chi connectivity index (χ1v) is 11.0. The molecular formula is C22H25NO7S. The molecule has 0 spiro atoms. The number of carboxylic acids is 1. The maximum Gasteiger partial charge on any atom is 0.341 e. The highest BCUT2D eigenvalue weighted by molar-refractivity contribution is 7.89. The average Bonchev–Trinajstić information content (AvgIpc) is 2.76. The quantitative estimate of drug-likeness (QED) is 0.416. The van der Waals surface area contributed by atoms with E-state index in [9.17, 15) is 18.0 Å². The molecule has 0 radical (unpaired) electrons. The van der Waals surface area contributed by atoms with Crippen molar-refractivity contribution >= 4 is 27.9 Å². The van der Waals surface area contributed by atoms with Crippen LogP contribution < -0.4 is 9.47 Å². The van der Waals surface area contributed by atoms with Gasteiger partial charge in [0.2, 0.25) is 10.0 Å². The van der Waals surface area contributed by atoms with E-state index in [2.05, 4.69) is 0 Å². The van der Waals surface area contributed by atoms with Crippen LogP contribution in [-0.2, 0) is 14.8 Å². The lowest BCUT2D eigenvalue weighted by molar-refractivity contribution is -0.139. The molecule has 1 N–H and O–H groups in total. The SMILES string of the molecule is CCN(CC)S(=O)(=O)c1ccc(C(=O)C=Cc2ccc(OCC(=O)O)c(OC)c2)cc1. The Morgan fingerprint density at radius 3 is 2.23 bits per heavy atom. The molecular weight excluding hydrogens is 422 g/mol. The van der Waals surface area contributed by atoms with Crippen molar-refractivity contribution < 1.29 is 32.6 Å². The molecule has 0 aliphatic rings.